The van der Waals surface area contributed by atoms with Crippen LogP contribution in [-0.4, -0.2) is 32.7 Å². The Morgan fingerprint density at radius 1 is 1.35 bits per heavy atom. The van der Waals surface area contributed by atoms with Crippen LogP contribution in [-0.2, 0) is 4.79 Å². The highest BCUT2D eigenvalue weighted by Gasteiger charge is 2.30. The molecule has 0 unspecified atom stereocenters. The third-order valence-electron chi connectivity index (χ3n) is 1.92. The number of carbonyl (C=O) groups is 2. The lowest BCUT2D eigenvalue weighted by atomic mass is 10.1. The number of nitrogens with zero attached hydrogens (tertiary/aromatic N) is 2. The summed E-state index contributed by atoms with van der Waals surface area (Å²) >= 11 is 11.2. The van der Waals surface area contributed by atoms with E-state index >= 15 is 0 Å². The Morgan fingerprint density at radius 2 is 1.94 bits per heavy atom. The van der Waals surface area contributed by atoms with Crippen LogP contribution in [0.4, 0.5) is 0 Å². The minimum atomic E-state index is -1.42. The number of carboxylic acids is 1. The van der Waals surface area contributed by atoms with Crippen molar-refractivity contribution < 1.29 is 14.7 Å². The van der Waals surface area contributed by atoms with Gasteiger partial charge in [-0.25, -0.2) is 4.79 Å². The summed E-state index contributed by atoms with van der Waals surface area (Å²) in [5.41, 5.74) is -1.45. The van der Waals surface area contributed by atoms with Crippen molar-refractivity contribution in [1.29, 1.82) is 0 Å². The van der Waals surface area contributed by atoms with Gasteiger partial charge in [0, 0.05) is 0 Å². The Kier molecular flexibility index (Phi) is 3.90. The van der Waals surface area contributed by atoms with Gasteiger partial charge in [0.05, 0.1) is 5.56 Å². The number of hydrogen-bond donors (Lipinski definition) is 2. The van der Waals surface area contributed by atoms with Gasteiger partial charge in [-0.2, -0.15) is 0 Å². The fraction of sp³-hybridized carbons (Fsp3) is 0.333. The largest absolute Gasteiger partial charge is 0.480 e. The van der Waals surface area contributed by atoms with Gasteiger partial charge in [0.15, 0.2) is 10.3 Å². The van der Waals surface area contributed by atoms with E-state index < -0.39 is 17.4 Å². The molecule has 6 nitrogen and oxygen atoms in total. The van der Waals surface area contributed by atoms with Crippen LogP contribution >= 0.6 is 23.2 Å². The molecule has 0 bridgehead atoms. The maximum absolute atomic E-state index is 11.8. The second kappa shape index (κ2) is 4.85. The zero-order valence-corrected chi connectivity index (χ0v) is 10.5. The van der Waals surface area contributed by atoms with Crippen LogP contribution in [0.5, 0.6) is 0 Å². The van der Waals surface area contributed by atoms with Crippen LogP contribution in [0.15, 0.2) is 6.07 Å². The van der Waals surface area contributed by atoms with Crippen molar-refractivity contribution in [2.75, 3.05) is 0 Å². The maximum atomic E-state index is 11.8. The number of halogens is 2. The summed E-state index contributed by atoms with van der Waals surface area (Å²) in [6.45, 7) is 2.69. The van der Waals surface area contributed by atoms with E-state index in [0.717, 1.165) is 0 Å². The molecule has 0 saturated heterocycles. The molecule has 92 valence electrons. The van der Waals surface area contributed by atoms with E-state index in [-0.39, 0.29) is 15.9 Å². The maximum Gasteiger partial charge on any atom is 0.328 e. The number of carboxylic acid groups (broad SMARTS) is 1. The highest BCUT2D eigenvalue weighted by Crippen LogP contribution is 2.16. The first-order valence-electron chi connectivity index (χ1n) is 4.48. The molecule has 0 atom stereocenters. The van der Waals surface area contributed by atoms with Crippen LogP contribution in [0.1, 0.15) is 24.2 Å². The van der Waals surface area contributed by atoms with Crippen molar-refractivity contribution in [3.05, 3.63) is 21.9 Å². The van der Waals surface area contributed by atoms with Crippen molar-refractivity contribution in [2.45, 2.75) is 19.4 Å². The third-order valence-corrected chi connectivity index (χ3v) is 2.39. The Bertz CT molecular complexity index is 477. The Labute approximate surface area is 107 Å². The molecule has 0 radical (unpaired) electrons. The summed E-state index contributed by atoms with van der Waals surface area (Å²) in [5, 5.41) is 17.9. The lowest BCUT2D eigenvalue weighted by molar-refractivity contribution is -0.143. The number of aliphatic carboxylic acids is 1. The minimum absolute atomic E-state index is 0.00678. The van der Waals surface area contributed by atoms with Gasteiger partial charge < -0.3 is 10.4 Å². The Hall–Kier alpha value is -1.40. The lowest BCUT2D eigenvalue weighted by Crippen LogP contribution is -2.49. The molecule has 0 spiro atoms. The number of hydrogen-bond acceptors (Lipinski definition) is 4. The Morgan fingerprint density at radius 3 is 2.47 bits per heavy atom. The average Bonchev–Trinajstić information content (AvgIpc) is 2.20. The van der Waals surface area contributed by atoms with Crippen LogP contribution in [0.2, 0.25) is 10.3 Å². The van der Waals surface area contributed by atoms with Crippen molar-refractivity contribution in [3.63, 3.8) is 0 Å². The van der Waals surface area contributed by atoms with E-state index in [9.17, 15) is 9.59 Å². The van der Waals surface area contributed by atoms with E-state index in [1.54, 1.807) is 0 Å². The van der Waals surface area contributed by atoms with Gasteiger partial charge in [-0.1, -0.05) is 23.2 Å². The number of nitrogens with one attached hydrogen (secondary N) is 1. The highest BCUT2D eigenvalue weighted by atomic mass is 35.5. The number of rotatable bonds is 3. The van der Waals surface area contributed by atoms with Gasteiger partial charge in [-0.3, -0.25) is 4.79 Å². The average molecular weight is 278 g/mol. The predicted octanol–water partition coefficient (Wildman–Crippen LogP) is 1.38. The summed E-state index contributed by atoms with van der Waals surface area (Å²) in [6.07, 6.45) is 0. The van der Waals surface area contributed by atoms with Gasteiger partial charge in [-0.05, 0) is 19.9 Å². The normalized spacial score (nSPS) is 11.1. The van der Waals surface area contributed by atoms with E-state index in [2.05, 4.69) is 15.5 Å². The summed E-state index contributed by atoms with van der Waals surface area (Å²) in [6, 6.07) is 1.21. The second-order valence-electron chi connectivity index (χ2n) is 3.76. The first kappa shape index (κ1) is 13.7. The molecule has 1 rings (SSSR count). The highest BCUT2D eigenvalue weighted by molar-refractivity contribution is 6.34. The van der Waals surface area contributed by atoms with E-state index in [1.807, 2.05) is 0 Å². The molecule has 2 N–H and O–H groups in total. The van der Waals surface area contributed by atoms with Crippen molar-refractivity contribution in [1.82, 2.24) is 15.5 Å². The third kappa shape index (κ3) is 3.28. The number of aromatic nitrogens is 2. The zero-order chi connectivity index (χ0) is 13.2. The first-order chi connectivity index (χ1) is 7.74. The molecule has 0 fully saturated rings. The van der Waals surface area contributed by atoms with Crippen molar-refractivity contribution in [2.24, 2.45) is 0 Å². The standard InChI is InChI=1S/C9H9Cl2N3O3/c1-9(2,8(16)17)12-7(15)4-3-5(10)13-14-6(4)11/h3H,1-2H3,(H,12,15)(H,16,17). The summed E-state index contributed by atoms with van der Waals surface area (Å²) in [5.74, 6) is -1.85. The van der Waals surface area contributed by atoms with Gasteiger partial charge in [0.25, 0.3) is 5.91 Å². The first-order valence-corrected chi connectivity index (χ1v) is 5.24. The van der Waals surface area contributed by atoms with Crippen LogP contribution in [0.25, 0.3) is 0 Å². The SMILES string of the molecule is CC(C)(NC(=O)c1cc(Cl)nnc1Cl)C(=O)O. The molecule has 1 aromatic heterocycles. The summed E-state index contributed by atoms with van der Waals surface area (Å²) in [4.78, 5) is 22.6. The lowest BCUT2D eigenvalue weighted by Gasteiger charge is -2.20. The molecule has 8 heteroatoms. The molecular formula is C9H9Cl2N3O3. The van der Waals surface area contributed by atoms with Gasteiger partial charge in [0.2, 0.25) is 0 Å². The Balaban J connectivity index is 2.98. The van der Waals surface area contributed by atoms with Crippen molar-refractivity contribution >= 4 is 35.1 Å². The molecule has 1 aromatic rings. The van der Waals surface area contributed by atoms with Crippen LogP contribution in [0.3, 0.4) is 0 Å². The minimum Gasteiger partial charge on any atom is -0.480 e. The molecule has 0 aromatic carbocycles. The molecule has 0 aliphatic rings. The topological polar surface area (TPSA) is 92.2 Å². The monoisotopic (exact) mass is 277 g/mol. The molecule has 1 amide bonds. The number of amides is 1. The zero-order valence-electron chi connectivity index (χ0n) is 8.99. The molecule has 17 heavy (non-hydrogen) atoms. The van der Waals surface area contributed by atoms with E-state index in [0.29, 0.717) is 0 Å². The molecule has 0 aliphatic carbocycles. The molecule has 0 saturated carbocycles. The molecular weight excluding hydrogens is 269 g/mol. The van der Waals surface area contributed by atoms with Crippen LogP contribution < -0.4 is 5.32 Å². The second-order valence-corrected chi connectivity index (χ2v) is 4.50. The smallest absolute Gasteiger partial charge is 0.328 e. The fourth-order valence-electron chi connectivity index (χ4n) is 0.917. The van der Waals surface area contributed by atoms with E-state index in [1.165, 1.54) is 19.9 Å². The van der Waals surface area contributed by atoms with Crippen LogP contribution in [0, 0.1) is 0 Å². The van der Waals surface area contributed by atoms with Gasteiger partial charge >= 0.3 is 5.97 Å². The van der Waals surface area contributed by atoms with Crippen molar-refractivity contribution in [3.8, 4) is 0 Å². The quantitative estimate of drug-likeness (QED) is 0.871. The van der Waals surface area contributed by atoms with Gasteiger partial charge in [-0.15, -0.1) is 10.2 Å². The number of carbonyl (C=O) groups excluding carboxylic acids is 1. The van der Waals surface area contributed by atoms with Gasteiger partial charge in [0.1, 0.15) is 5.54 Å². The molecule has 1 heterocycles. The molecule has 0 aliphatic heterocycles. The van der Waals surface area contributed by atoms with E-state index in [4.69, 9.17) is 28.3 Å². The summed E-state index contributed by atoms with van der Waals surface area (Å²) < 4.78 is 0. The summed E-state index contributed by atoms with van der Waals surface area (Å²) in [7, 11) is 0. The fourth-order valence-corrected chi connectivity index (χ4v) is 1.24. The predicted molar refractivity (Wildman–Crippen MR) is 61.2 cm³/mol.